The van der Waals surface area contributed by atoms with Gasteiger partial charge < -0.3 is 14.7 Å². The standard InChI is InChI=1S/C16H18ClN3O2.CH2O2/c1-19-7-12-8-20(9-13(10-22-2)15(12)18-19)16(21)11-4-3-5-14(17)6-11;2-1-3/h3-7,13H,8-10H2,1-2H3;1H,(H,2,3). The quantitative estimate of drug-likeness (QED) is 0.842. The highest BCUT2D eigenvalue weighted by Crippen LogP contribution is 2.28. The SMILES string of the molecule is COCC1CN(C(=O)c2cccc(Cl)c2)Cc2cn(C)nc21.O=CO. The Morgan fingerprint density at radius 3 is 2.88 bits per heavy atom. The molecule has 1 unspecified atom stereocenters. The average Bonchev–Trinajstić information content (AvgIpc) is 2.95. The van der Waals surface area contributed by atoms with Crippen molar-refractivity contribution in [1.82, 2.24) is 14.7 Å². The second kappa shape index (κ2) is 8.64. The fourth-order valence-corrected chi connectivity index (χ4v) is 3.12. The lowest BCUT2D eigenvalue weighted by atomic mass is 9.96. The van der Waals surface area contributed by atoms with Gasteiger partial charge >= 0.3 is 0 Å². The molecule has 3 rings (SSSR count). The highest BCUT2D eigenvalue weighted by molar-refractivity contribution is 6.30. The molecule has 0 aliphatic carbocycles. The number of carbonyl (C=O) groups is 2. The Labute approximate surface area is 150 Å². The molecule has 1 aliphatic rings. The van der Waals surface area contributed by atoms with Gasteiger partial charge in [-0.05, 0) is 18.2 Å². The van der Waals surface area contributed by atoms with Crippen molar-refractivity contribution in [3.8, 4) is 0 Å². The predicted molar refractivity (Wildman–Crippen MR) is 92.7 cm³/mol. The Morgan fingerprint density at radius 2 is 2.24 bits per heavy atom. The molecule has 0 fully saturated rings. The minimum absolute atomic E-state index is 0.0156. The summed E-state index contributed by atoms with van der Waals surface area (Å²) in [5.41, 5.74) is 2.71. The van der Waals surface area contributed by atoms with Gasteiger partial charge in [-0.3, -0.25) is 14.3 Å². The smallest absolute Gasteiger partial charge is 0.290 e. The van der Waals surface area contributed by atoms with Gasteiger partial charge in [0.2, 0.25) is 0 Å². The van der Waals surface area contributed by atoms with Crippen LogP contribution < -0.4 is 0 Å². The minimum atomic E-state index is -0.250. The van der Waals surface area contributed by atoms with Crippen LogP contribution in [0.15, 0.2) is 30.5 Å². The van der Waals surface area contributed by atoms with E-state index in [9.17, 15) is 4.79 Å². The molecule has 0 saturated carbocycles. The van der Waals surface area contributed by atoms with E-state index in [4.69, 9.17) is 26.2 Å². The highest BCUT2D eigenvalue weighted by atomic mass is 35.5. The van der Waals surface area contributed by atoms with Crippen LogP contribution in [0.4, 0.5) is 0 Å². The summed E-state index contributed by atoms with van der Waals surface area (Å²) in [6.45, 7) is 1.46. The third-order valence-corrected chi connectivity index (χ3v) is 4.09. The number of amides is 1. The summed E-state index contributed by atoms with van der Waals surface area (Å²) in [5.74, 6) is 0.0798. The number of methoxy groups -OCH3 is 1. The number of rotatable bonds is 3. The lowest BCUT2D eigenvalue weighted by Gasteiger charge is -2.31. The maximum Gasteiger partial charge on any atom is 0.290 e. The van der Waals surface area contributed by atoms with Gasteiger partial charge in [-0.15, -0.1) is 0 Å². The molecule has 1 aromatic heterocycles. The first-order chi connectivity index (χ1) is 12.0. The van der Waals surface area contributed by atoms with Gasteiger partial charge in [0.1, 0.15) is 0 Å². The van der Waals surface area contributed by atoms with E-state index in [1.54, 1.807) is 36.1 Å². The van der Waals surface area contributed by atoms with Crippen LogP contribution in [0.5, 0.6) is 0 Å². The normalized spacial score (nSPS) is 15.8. The summed E-state index contributed by atoms with van der Waals surface area (Å²) in [7, 11) is 3.56. The molecule has 1 aromatic carbocycles. The molecule has 2 aromatic rings. The molecule has 7 nitrogen and oxygen atoms in total. The number of hydrogen-bond donors (Lipinski definition) is 1. The van der Waals surface area contributed by atoms with E-state index in [0.717, 1.165) is 11.3 Å². The Kier molecular flexibility index (Phi) is 6.55. The number of nitrogens with zero attached hydrogens (tertiary/aromatic N) is 3. The summed E-state index contributed by atoms with van der Waals surface area (Å²) in [5, 5.41) is 12.0. The second-order valence-electron chi connectivity index (χ2n) is 5.67. The van der Waals surface area contributed by atoms with E-state index >= 15 is 0 Å². The Morgan fingerprint density at radius 1 is 1.52 bits per heavy atom. The molecule has 1 atom stereocenters. The summed E-state index contributed by atoms with van der Waals surface area (Å²) in [6, 6.07) is 7.05. The molecule has 134 valence electrons. The Hall–Kier alpha value is -2.38. The van der Waals surface area contributed by atoms with E-state index in [1.807, 2.05) is 18.1 Å². The largest absolute Gasteiger partial charge is 0.483 e. The van der Waals surface area contributed by atoms with Gasteiger partial charge in [0.05, 0.1) is 12.3 Å². The van der Waals surface area contributed by atoms with Gasteiger partial charge in [-0.1, -0.05) is 17.7 Å². The summed E-state index contributed by atoms with van der Waals surface area (Å²) in [6.07, 6.45) is 1.97. The second-order valence-corrected chi connectivity index (χ2v) is 6.10. The number of aromatic nitrogens is 2. The molecule has 1 amide bonds. The molecule has 1 N–H and O–H groups in total. The molecular weight excluding hydrogens is 346 g/mol. The summed E-state index contributed by atoms with van der Waals surface area (Å²) >= 11 is 5.99. The maximum absolute atomic E-state index is 12.7. The van der Waals surface area contributed by atoms with Gasteiger partial charge in [0, 0.05) is 55.5 Å². The molecule has 0 spiro atoms. The van der Waals surface area contributed by atoms with Crippen molar-refractivity contribution in [2.45, 2.75) is 12.5 Å². The molecular formula is C17H20ClN3O4. The molecule has 1 aliphatic heterocycles. The number of fused-ring (bicyclic) bond motifs is 1. The van der Waals surface area contributed by atoms with Crippen molar-refractivity contribution in [3.05, 3.63) is 52.3 Å². The van der Waals surface area contributed by atoms with Gasteiger partial charge in [0.15, 0.2) is 0 Å². The number of hydrogen-bond acceptors (Lipinski definition) is 4. The number of ether oxygens (including phenoxy) is 1. The minimum Gasteiger partial charge on any atom is -0.483 e. The highest BCUT2D eigenvalue weighted by Gasteiger charge is 2.31. The van der Waals surface area contributed by atoms with E-state index in [0.29, 0.717) is 30.3 Å². The van der Waals surface area contributed by atoms with Gasteiger partial charge in [-0.25, -0.2) is 0 Å². The first kappa shape index (κ1) is 19.0. The molecule has 25 heavy (non-hydrogen) atoms. The number of halogens is 1. The van der Waals surface area contributed by atoms with Crippen molar-refractivity contribution >= 4 is 24.0 Å². The van der Waals surface area contributed by atoms with Crippen LogP contribution in [0.25, 0.3) is 0 Å². The third-order valence-electron chi connectivity index (χ3n) is 3.85. The van der Waals surface area contributed by atoms with Gasteiger partial charge in [0.25, 0.3) is 12.4 Å². The van der Waals surface area contributed by atoms with E-state index in [1.165, 1.54) is 0 Å². The van der Waals surface area contributed by atoms with Crippen molar-refractivity contribution in [2.75, 3.05) is 20.3 Å². The molecule has 0 bridgehead atoms. The molecule has 0 radical (unpaired) electrons. The van der Waals surface area contributed by atoms with Crippen LogP contribution in [0.1, 0.15) is 27.5 Å². The zero-order chi connectivity index (χ0) is 18.4. The number of carbonyl (C=O) groups excluding carboxylic acids is 1. The van der Waals surface area contributed by atoms with Crippen LogP contribution in [0.2, 0.25) is 5.02 Å². The molecule has 0 saturated heterocycles. The van der Waals surface area contributed by atoms with Crippen LogP contribution in [-0.2, 0) is 23.1 Å². The fourth-order valence-electron chi connectivity index (χ4n) is 2.93. The van der Waals surface area contributed by atoms with Crippen molar-refractivity contribution in [2.24, 2.45) is 7.05 Å². The lowest BCUT2D eigenvalue weighted by Crippen LogP contribution is -2.39. The molecule has 8 heteroatoms. The number of benzene rings is 1. The fraction of sp³-hybridized carbons (Fsp3) is 0.353. The van der Waals surface area contributed by atoms with Crippen molar-refractivity contribution in [1.29, 1.82) is 0 Å². The van der Waals surface area contributed by atoms with E-state index < -0.39 is 0 Å². The number of aryl methyl sites for hydroxylation is 1. The average molecular weight is 366 g/mol. The summed E-state index contributed by atoms with van der Waals surface area (Å²) < 4.78 is 7.08. The van der Waals surface area contributed by atoms with Crippen LogP contribution in [0.3, 0.4) is 0 Å². The molecule has 2 heterocycles. The maximum atomic E-state index is 12.7. The third kappa shape index (κ3) is 4.58. The Balaban J connectivity index is 0.000000701. The number of carboxylic acid groups (broad SMARTS) is 1. The van der Waals surface area contributed by atoms with Crippen molar-refractivity contribution in [3.63, 3.8) is 0 Å². The van der Waals surface area contributed by atoms with E-state index in [2.05, 4.69) is 5.10 Å². The summed E-state index contributed by atoms with van der Waals surface area (Å²) in [4.78, 5) is 22.9. The van der Waals surface area contributed by atoms with Crippen LogP contribution >= 0.6 is 11.6 Å². The Bertz CT molecular complexity index is 747. The zero-order valence-corrected chi connectivity index (χ0v) is 14.8. The zero-order valence-electron chi connectivity index (χ0n) is 14.1. The van der Waals surface area contributed by atoms with Crippen LogP contribution in [-0.4, -0.2) is 52.4 Å². The van der Waals surface area contributed by atoms with Crippen LogP contribution in [0, 0.1) is 0 Å². The monoisotopic (exact) mass is 365 g/mol. The topological polar surface area (TPSA) is 84.7 Å². The first-order valence-corrected chi connectivity index (χ1v) is 8.02. The van der Waals surface area contributed by atoms with E-state index in [-0.39, 0.29) is 18.3 Å². The first-order valence-electron chi connectivity index (χ1n) is 7.64. The lowest BCUT2D eigenvalue weighted by molar-refractivity contribution is -0.122. The van der Waals surface area contributed by atoms with Gasteiger partial charge in [-0.2, -0.15) is 5.10 Å². The van der Waals surface area contributed by atoms with Crippen molar-refractivity contribution < 1.29 is 19.4 Å². The predicted octanol–water partition coefficient (Wildman–Crippen LogP) is 2.16.